The van der Waals surface area contributed by atoms with Crippen LogP contribution in [0.1, 0.15) is 59.7 Å². The van der Waals surface area contributed by atoms with E-state index in [9.17, 15) is 62.3 Å². The molecular formula is C45H26F12N2O2. The predicted octanol–water partition coefficient (Wildman–Crippen LogP) is 13.9. The number of carbonyl (C=O) groups excluding carboxylic acids is 2. The number of aryl methyl sites for hydroxylation is 3. The summed E-state index contributed by atoms with van der Waals surface area (Å²) in [5, 5.41) is -0.495. The molecule has 2 amide bonds. The number of nitrogens with zero attached hydrogens (tertiary/aromatic N) is 2. The maximum absolute atomic E-state index is 14.8. The molecule has 1 aromatic heterocycles. The highest BCUT2D eigenvalue weighted by Gasteiger charge is 2.43. The highest BCUT2D eigenvalue weighted by molar-refractivity contribution is 6.36. The molecule has 16 heteroatoms. The lowest BCUT2D eigenvalue weighted by molar-refractivity contribution is -0.144. The zero-order chi connectivity index (χ0) is 44.3. The molecule has 7 aromatic rings. The second-order valence-electron chi connectivity index (χ2n) is 14.6. The van der Waals surface area contributed by atoms with Gasteiger partial charge in [0.25, 0.3) is 11.8 Å². The fourth-order valence-corrected chi connectivity index (χ4v) is 8.38. The molecule has 1 aliphatic heterocycles. The second kappa shape index (κ2) is 13.7. The number of imide groups is 1. The number of carbonyl (C=O) groups is 2. The quantitative estimate of drug-likeness (QED) is 0.131. The van der Waals surface area contributed by atoms with Crippen LogP contribution in [0.3, 0.4) is 0 Å². The van der Waals surface area contributed by atoms with Gasteiger partial charge in [-0.2, -0.15) is 52.7 Å². The highest BCUT2D eigenvalue weighted by Crippen LogP contribution is 2.50. The van der Waals surface area contributed by atoms with Crippen LogP contribution in [0, 0.1) is 20.8 Å². The topological polar surface area (TPSA) is 42.3 Å². The third-order valence-corrected chi connectivity index (χ3v) is 10.7. The number of hydrogen-bond acceptors (Lipinski definition) is 2. The number of hydrogen-bond donors (Lipinski definition) is 0. The van der Waals surface area contributed by atoms with E-state index in [4.69, 9.17) is 0 Å². The number of anilines is 1. The van der Waals surface area contributed by atoms with Crippen LogP contribution < -0.4 is 4.90 Å². The largest absolute Gasteiger partial charge is 0.417 e. The average molecular weight is 855 g/mol. The molecule has 4 nitrogen and oxygen atoms in total. The number of halogens is 12. The summed E-state index contributed by atoms with van der Waals surface area (Å²) in [5.41, 5.74) is -7.31. The molecule has 0 bridgehead atoms. The Hall–Kier alpha value is -6.58. The average Bonchev–Trinajstić information content (AvgIpc) is 3.63. The highest BCUT2D eigenvalue weighted by atomic mass is 19.4. The summed E-state index contributed by atoms with van der Waals surface area (Å²) in [6, 6.07) is 17.0. The number of aromatic nitrogens is 1. The molecule has 0 spiro atoms. The SMILES string of the molecule is Cc1cc(C)c(N2C(=O)c3cccc(-n4c5cccc(-c6ccc(C(F)(F)F)cc6C(F)(F)F)c5c5c(-c6ccc(C(F)(F)F)cc6C(F)(F)F)cccc54)c3C2=O)c(C)c1. The van der Waals surface area contributed by atoms with E-state index in [1.807, 2.05) is 6.92 Å². The molecule has 1 aliphatic rings. The molecular weight excluding hydrogens is 828 g/mol. The Bertz CT molecular complexity index is 2850. The molecule has 312 valence electrons. The number of fused-ring (bicyclic) bond motifs is 4. The minimum atomic E-state index is -5.40. The van der Waals surface area contributed by atoms with Crippen LogP contribution in [-0.4, -0.2) is 16.4 Å². The lowest BCUT2D eigenvalue weighted by atomic mass is 9.90. The Kier molecular flexibility index (Phi) is 9.26. The van der Waals surface area contributed by atoms with Crippen molar-refractivity contribution in [1.82, 2.24) is 4.57 Å². The number of benzene rings is 6. The van der Waals surface area contributed by atoms with Gasteiger partial charge in [0, 0.05) is 10.8 Å². The minimum Gasteiger partial charge on any atom is -0.308 e. The first-order valence-electron chi connectivity index (χ1n) is 18.1. The van der Waals surface area contributed by atoms with Gasteiger partial charge in [-0.25, -0.2) is 4.90 Å². The van der Waals surface area contributed by atoms with Crippen LogP contribution in [0.15, 0.2) is 103 Å². The van der Waals surface area contributed by atoms with Gasteiger partial charge in [-0.1, -0.05) is 60.2 Å². The predicted molar refractivity (Wildman–Crippen MR) is 203 cm³/mol. The molecule has 0 radical (unpaired) electrons. The van der Waals surface area contributed by atoms with Gasteiger partial charge in [0.15, 0.2) is 0 Å². The van der Waals surface area contributed by atoms with Crippen molar-refractivity contribution in [2.45, 2.75) is 45.5 Å². The van der Waals surface area contributed by atoms with Gasteiger partial charge >= 0.3 is 24.7 Å². The summed E-state index contributed by atoms with van der Waals surface area (Å²) in [5.74, 6) is -1.53. The molecule has 61 heavy (non-hydrogen) atoms. The maximum Gasteiger partial charge on any atom is 0.417 e. The van der Waals surface area contributed by atoms with Crippen LogP contribution in [0.2, 0.25) is 0 Å². The first-order chi connectivity index (χ1) is 28.4. The van der Waals surface area contributed by atoms with Crippen molar-refractivity contribution in [3.05, 3.63) is 153 Å². The van der Waals surface area contributed by atoms with Crippen molar-refractivity contribution in [2.24, 2.45) is 0 Å². The van der Waals surface area contributed by atoms with Gasteiger partial charge in [-0.3, -0.25) is 9.59 Å². The van der Waals surface area contributed by atoms with Gasteiger partial charge in [-0.15, -0.1) is 0 Å². The van der Waals surface area contributed by atoms with Crippen molar-refractivity contribution in [3.8, 4) is 27.9 Å². The van der Waals surface area contributed by atoms with Gasteiger partial charge in [0.1, 0.15) is 0 Å². The Morgan fingerprint density at radius 1 is 0.443 bits per heavy atom. The molecule has 2 heterocycles. The van der Waals surface area contributed by atoms with Crippen molar-refractivity contribution in [1.29, 1.82) is 0 Å². The summed E-state index contributed by atoms with van der Waals surface area (Å²) in [7, 11) is 0. The number of alkyl halides is 12. The Balaban J connectivity index is 1.51. The van der Waals surface area contributed by atoms with Gasteiger partial charge in [-0.05, 0) is 103 Å². The standard InChI is InChI=1S/C45H26F12N2O2/c1-21-17-22(2)39(23(3)18-21)59-40(60)30-9-6-12-35(38(30)41(59)61)58-33-10-4-7-28(26-15-13-24(42(46,47)48)19-31(26)44(52,53)54)36(33)37-29(8-5-11-34(37)58)27-16-14-25(43(49,50)51)20-32(27)45(55,56)57/h4-20H,1-3H3. The van der Waals surface area contributed by atoms with Crippen molar-refractivity contribution in [2.75, 3.05) is 4.90 Å². The molecule has 0 N–H and O–H groups in total. The van der Waals surface area contributed by atoms with Crippen LogP contribution in [0.25, 0.3) is 49.7 Å². The zero-order valence-electron chi connectivity index (χ0n) is 31.6. The van der Waals surface area contributed by atoms with Crippen LogP contribution in [-0.2, 0) is 24.7 Å². The fourth-order valence-electron chi connectivity index (χ4n) is 8.38. The molecule has 6 aromatic carbocycles. The van der Waals surface area contributed by atoms with E-state index in [1.165, 1.54) is 47.0 Å². The van der Waals surface area contributed by atoms with Crippen LogP contribution in [0.4, 0.5) is 58.4 Å². The van der Waals surface area contributed by atoms with Crippen molar-refractivity contribution < 1.29 is 62.3 Å². The van der Waals surface area contributed by atoms with E-state index in [2.05, 4.69) is 0 Å². The second-order valence-corrected chi connectivity index (χ2v) is 14.6. The maximum atomic E-state index is 14.8. The Morgan fingerprint density at radius 2 is 0.869 bits per heavy atom. The Morgan fingerprint density at radius 3 is 1.30 bits per heavy atom. The van der Waals surface area contributed by atoms with E-state index in [0.29, 0.717) is 41.1 Å². The zero-order valence-corrected chi connectivity index (χ0v) is 31.6. The molecule has 8 rings (SSSR count). The van der Waals surface area contributed by atoms with E-state index >= 15 is 0 Å². The summed E-state index contributed by atoms with van der Waals surface area (Å²) in [4.78, 5) is 29.6. The summed E-state index contributed by atoms with van der Waals surface area (Å²) in [6.45, 7) is 5.21. The summed E-state index contributed by atoms with van der Waals surface area (Å²) >= 11 is 0. The van der Waals surface area contributed by atoms with E-state index < -0.39 is 81.0 Å². The summed E-state index contributed by atoms with van der Waals surface area (Å²) < 4.78 is 173. The smallest absolute Gasteiger partial charge is 0.308 e. The first-order valence-corrected chi connectivity index (χ1v) is 18.1. The van der Waals surface area contributed by atoms with Crippen LogP contribution in [0.5, 0.6) is 0 Å². The monoisotopic (exact) mass is 854 g/mol. The molecule has 0 atom stereocenters. The molecule has 0 saturated carbocycles. The number of rotatable bonds is 4. The lowest BCUT2D eigenvalue weighted by Crippen LogP contribution is -2.31. The first kappa shape index (κ1) is 41.2. The van der Waals surface area contributed by atoms with Crippen LogP contribution >= 0.6 is 0 Å². The van der Waals surface area contributed by atoms with E-state index in [1.54, 1.807) is 26.0 Å². The minimum absolute atomic E-state index is 0.0398. The molecule has 0 saturated heterocycles. The fraction of sp³-hybridized carbons (Fsp3) is 0.156. The third-order valence-electron chi connectivity index (χ3n) is 10.7. The van der Waals surface area contributed by atoms with Crippen molar-refractivity contribution >= 4 is 39.3 Å². The third kappa shape index (κ3) is 6.68. The van der Waals surface area contributed by atoms with Gasteiger partial charge < -0.3 is 4.57 Å². The summed E-state index contributed by atoms with van der Waals surface area (Å²) in [6.07, 6.45) is -21.2. The van der Waals surface area contributed by atoms with E-state index in [-0.39, 0.29) is 50.8 Å². The molecule has 0 aliphatic carbocycles. The normalized spacial score (nSPS) is 13.9. The van der Waals surface area contributed by atoms with E-state index in [0.717, 1.165) is 22.6 Å². The van der Waals surface area contributed by atoms with Crippen molar-refractivity contribution in [3.63, 3.8) is 0 Å². The van der Waals surface area contributed by atoms with Gasteiger partial charge in [0.05, 0.1) is 55.8 Å². The number of amides is 2. The van der Waals surface area contributed by atoms with Gasteiger partial charge in [0.2, 0.25) is 0 Å². The molecule has 0 unspecified atom stereocenters. The molecule has 0 fully saturated rings. The lowest BCUT2D eigenvalue weighted by Gasteiger charge is -2.20. The Labute approximate surface area is 337 Å².